The Kier molecular flexibility index (Phi) is 3.99. The number of hydrogen-bond acceptors (Lipinski definition) is 0. The third-order valence-electron chi connectivity index (χ3n) is 3.63. The summed E-state index contributed by atoms with van der Waals surface area (Å²) in [7, 11) is 0. The molecule has 1 aliphatic carbocycles. The third-order valence-corrected chi connectivity index (χ3v) is 3.63. The quantitative estimate of drug-likeness (QED) is 0.619. The molecule has 0 saturated heterocycles. The van der Waals surface area contributed by atoms with Crippen molar-refractivity contribution in [3.8, 4) is 0 Å². The van der Waals surface area contributed by atoms with E-state index in [9.17, 15) is 0 Å². The van der Waals surface area contributed by atoms with Gasteiger partial charge in [-0.25, -0.2) is 0 Å². The van der Waals surface area contributed by atoms with Crippen molar-refractivity contribution in [2.24, 2.45) is 5.41 Å². The zero-order chi connectivity index (χ0) is 12.8. The smallest absolute Gasteiger partial charge is 0.00621 e. The monoisotopic (exact) mass is 236 g/mol. The molecule has 0 spiro atoms. The van der Waals surface area contributed by atoms with E-state index in [1.807, 2.05) is 12.2 Å². The van der Waals surface area contributed by atoms with E-state index in [2.05, 4.69) is 61.7 Å². The van der Waals surface area contributed by atoms with Crippen LogP contribution in [0.5, 0.6) is 0 Å². The topological polar surface area (TPSA) is 0 Å². The van der Waals surface area contributed by atoms with Gasteiger partial charge >= 0.3 is 0 Å². The van der Waals surface area contributed by atoms with Crippen molar-refractivity contribution in [3.05, 3.63) is 79.4 Å². The van der Waals surface area contributed by atoms with Crippen LogP contribution in [0.2, 0.25) is 0 Å². The minimum absolute atomic E-state index is 0.138. The molecule has 1 aromatic rings. The molecule has 0 aromatic heterocycles. The van der Waals surface area contributed by atoms with Gasteiger partial charge in [0.2, 0.25) is 0 Å². The molecule has 0 amide bonds. The SMILES string of the molecule is C=CCC1(CC=C)CC=CC=C1c1ccccc1. The highest BCUT2D eigenvalue weighted by atomic mass is 14.4. The van der Waals surface area contributed by atoms with Gasteiger partial charge in [0, 0.05) is 5.41 Å². The summed E-state index contributed by atoms with van der Waals surface area (Å²) in [5.74, 6) is 0. The molecule has 0 heteroatoms. The molecule has 2 rings (SSSR count). The number of allylic oxidation sites excluding steroid dienone is 6. The van der Waals surface area contributed by atoms with E-state index in [4.69, 9.17) is 0 Å². The molecule has 0 heterocycles. The summed E-state index contributed by atoms with van der Waals surface area (Å²) >= 11 is 0. The number of hydrogen-bond donors (Lipinski definition) is 0. The minimum Gasteiger partial charge on any atom is -0.103 e. The summed E-state index contributed by atoms with van der Waals surface area (Å²) in [5.41, 5.74) is 2.86. The standard InChI is InChI=1S/C18H20/c1-3-13-18(14-4-2)15-9-8-12-17(18)16-10-6-5-7-11-16/h3-12H,1-2,13-15H2. The molecule has 0 unspecified atom stereocenters. The normalized spacial score (nSPS) is 17.0. The second-order valence-corrected chi connectivity index (χ2v) is 4.84. The Labute approximate surface area is 110 Å². The van der Waals surface area contributed by atoms with Crippen LogP contribution < -0.4 is 0 Å². The van der Waals surface area contributed by atoms with Crippen LogP contribution in [0.1, 0.15) is 24.8 Å². The van der Waals surface area contributed by atoms with E-state index in [-0.39, 0.29) is 5.41 Å². The highest BCUT2D eigenvalue weighted by molar-refractivity contribution is 5.73. The summed E-state index contributed by atoms with van der Waals surface area (Å²) in [4.78, 5) is 0. The van der Waals surface area contributed by atoms with Crippen LogP contribution in [-0.2, 0) is 0 Å². The van der Waals surface area contributed by atoms with Crippen LogP contribution in [0.4, 0.5) is 0 Å². The van der Waals surface area contributed by atoms with Gasteiger partial charge in [-0.1, -0.05) is 60.7 Å². The maximum Gasteiger partial charge on any atom is 0.00621 e. The fourth-order valence-corrected chi connectivity index (χ4v) is 2.79. The summed E-state index contributed by atoms with van der Waals surface area (Å²) in [6.45, 7) is 7.85. The Balaban J connectivity index is 2.45. The Morgan fingerprint density at radius 3 is 2.33 bits per heavy atom. The third kappa shape index (κ3) is 2.38. The van der Waals surface area contributed by atoms with Crippen LogP contribution in [0.25, 0.3) is 5.57 Å². The van der Waals surface area contributed by atoms with Gasteiger partial charge in [0.15, 0.2) is 0 Å². The largest absolute Gasteiger partial charge is 0.103 e. The first-order chi connectivity index (χ1) is 8.82. The van der Waals surface area contributed by atoms with E-state index in [0.717, 1.165) is 19.3 Å². The van der Waals surface area contributed by atoms with Gasteiger partial charge in [0.1, 0.15) is 0 Å². The molecule has 0 aliphatic heterocycles. The predicted octanol–water partition coefficient (Wildman–Crippen LogP) is 5.17. The Bertz CT molecular complexity index is 459. The highest BCUT2D eigenvalue weighted by Gasteiger charge is 2.32. The van der Waals surface area contributed by atoms with Gasteiger partial charge in [0.05, 0.1) is 0 Å². The van der Waals surface area contributed by atoms with Crippen LogP contribution in [0, 0.1) is 5.41 Å². The zero-order valence-corrected chi connectivity index (χ0v) is 10.8. The lowest BCUT2D eigenvalue weighted by atomic mass is 9.68. The maximum absolute atomic E-state index is 3.92. The number of benzene rings is 1. The maximum atomic E-state index is 3.92. The van der Waals surface area contributed by atoms with Gasteiger partial charge < -0.3 is 0 Å². The first-order valence-corrected chi connectivity index (χ1v) is 6.47. The van der Waals surface area contributed by atoms with E-state index in [0.29, 0.717) is 0 Å². The molecule has 0 N–H and O–H groups in total. The Morgan fingerprint density at radius 2 is 1.72 bits per heavy atom. The van der Waals surface area contributed by atoms with Gasteiger partial charge in [-0.05, 0) is 30.4 Å². The predicted molar refractivity (Wildman–Crippen MR) is 80.2 cm³/mol. The molecule has 0 atom stereocenters. The van der Waals surface area contributed by atoms with Crippen LogP contribution in [0.3, 0.4) is 0 Å². The molecule has 0 fully saturated rings. The lowest BCUT2D eigenvalue weighted by molar-refractivity contribution is 0.413. The highest BCUT2D eigenvalue weighted by Crippen LogP contribution is 2.47. The second-order valence-electron chi connectivity index (χ2n) is 4.84. The van der Waals surface area contributed by atoms with Crippen molar-refractivity contribution in [2.75, 3.05) is 0 Å². The van der Waals surface area contributed by atoms with Crippen LogP contribution >= 0.6 is 0 Å². The Hall–Kier alpha value is -1.82. The molecule has 92 valence electrons. The molecule has 1 aromatic carbocycles. The molecule has 0 nitrogen and oxygen atoms in total. The van der Waals surface area contributed by atoms with Gasteiger partial charge in [-0.3, -0.25) is 0 Å². The molecule has 0 saturated carbocycles. The first kappa shape index (κ1) is 12.6. The fourth-order valence-electron chi connectivity index (χ4n) is 2.79. The average molecular weight is 236 g/mol. The summed E-state index contributed by atoms with van der Waals surface area (Å²) in [5, 5.41) is 0. The van der Waals surface area contributed by atoms with Crippen molar-refractivity contribution in [2.45, 2.75) is 19.3 Å². The lowest BCUT2D eigenvalue weighted by Crippen LogP contribution is -2.22. The fraction of sp³-hybridized carbons (Fsp3) is 0.222. The summed E-state index contributed by atoms with van der Waals surface area (Å²) in [6, 6.07) is 10.6. The zero-order valence-electron chi connectivity index (χ0n) is 10.8. The van der Waals surface area contributed by atoms with Crippen molar-refractivity contribution >= 4 is 5.57 Å². The average Bonchev–Trinajstić information content (AvgIpc) is 2.41. The number of rotatable bonds is 5. The minimum atomic E-state index is 0.138. The van der Waals surface area contributed by atoms with Crippen LogP contribution in [-0.4, -0.2) is 0 Å². The van der Waals surface area contributed by atoms with Crippen molar-refractivity contribution in [3.63, 3.8) is 0 Å². The first-order valence-electron chi connectivity index (χ1n) is 6.47. The molecule has 0 bridgehead atoms. The molecule has 1 aliphatic rings. The molecular weight excluding hydrogens is 216 g/mol. The van der Waals surface area contributed by atoms with E-state index in [1.54, 1.807) is 0 Å². The molecular formula is C18H20. The van der Waals surface area contributed by atoms with Crippen molar-refractivity contribution in [1.29, 1.82) is 0 Å². The van der Waals surface area contributed by atoms with Gasteiger partial charge in [-0.15, -0.1) is 13.2 Å². The van der Waals surface area contributed by atoms with Crippen molar-refractivity contribution < 1.29 is 0 Å². The lowest BCUT2D eigenvalue weighted by Gasteiger charge is -2.36. The van der Waals surface area contributed by atoms with E-state index >= 15 is 0 Å². The molecule has 18 heavy (non-hydrogen) atoms. The second kappa shape index (κ2) is 5.68. The van der Waals surface area contributed by atoms with E-state index < -0.39 is 0 Å². The van der Waals surface area contributed by atoms with Gasteiger partial charge in [-0.2, -0.15) is 0 Å². The van der Waals surface area contributed by atoms with Crippen molar-refractivity contribution in [1.82, 2.24) is 0 Å². The summed E-state index contributed by atoms with van der Waals surface area (Å²) in [6.07, 6.45) is 13.7. The summed E-state index contributed by atoms with van der Waals surface area (Å²) < 4.78 is 0. The Morgan fingerprint density at radius 1 is 1.06 bits per heavy atom. The van der Waals surface area contributed by atoms with Gasteiger partial charge in [0.25, 0.3) is 0 Å². The van der Waals surface area contributed by atoms with Crippen LogP contribution in [0.15, 0.2) is 73.9 Å². The molecule has 0 radical (unpaired) electrons. The van der Waals surface area contributed by atoms with E-state index in [1.165, 1.54) is 11.1 Å².